The number of sulfone groups is 1. The lowest BCUT2D eigenvalue weighted by molar-refractivity contribution is -0.118. The fraction of sp³-hybridized carbons (Fsp3) is 0.208. The van der Waals surface area contributed by atoms with Crippen molar-refractivity contribution in [2.75, 3.05) is 6.26 Å². The van der Waals surface area contributed by atoms with Crippen LogP contribution in [0.15, 0.2) is 75.6 Å². The lowest BCUT2D eigenvalue weighted by Gasteiger charge is -2.21. The molecular weight excluding hydrogens is 478 g/mol. The highest BCUT2D eigenvalue weighted by atomic mass is 35.5. The van der Waals surface area contributed by atoms with Crippen LogP contribution in [0.5, 0.6) is 0 Å². The second kappa shape index (κ2) is 10.2. The van der Waals surface area contributed by atoms with E-state index in [9.17, 15) is 23.2 Å². The molecule has 0 spiro atoms. The van der Waals surface area contributed by atoms with Crippen LogP contribution in [0.4, 0.5) is 0 Å². The highest BCUT2D eigenvalue weighted by Crippen LogP contribution is 2.33. The van der Waals surface area contributed by atoms with Crippen LogP contribution in [0.2, 0.25) is 5.02 Å². The smallest absolute Gasteiger partial charge is 0.251 e. The zero-order valence-electron chi connectivity index (χ0n) is 18.6. The summed E-state index contributed by atoms with van der Waals surface area (Å²) in [6.07, 6.45) is 2.77. The van der Waals surface area contributed by atoms with Gasteiger partial charge in [-0.05, 0) is 53.9 Å². The van der Waals surface area contributed by atoms with Crippen molar-refractivity contribution in [2.24, 2.45) is 10.9 Å². The van der Waals surface area contributed by atoms with Crippen molar-refractivity contribution < 1.29 is 18.4 Å². The topological polar surface area (TPSA) is 132 Å². The van der Waals surface area contributed by atoms with Crippen LogP contribution in [0.25, 0.3) is 0 Å². The maximum absolute atomic E-state index is 12.1. The molecule has 8 nitrogen and oxygen atoms in total. The van der Waals surface area contributed by atoms with Crippen molar-refractivity contribution >= 4 is 33.1 Å². The normalized spacial score (nSPS) is 13.0. The maximum Gasteiger partial charge on any atom is 0.251 e. The van der Waals surface area contributed by atoms with E-state index in [2.05, 4.69) is 5.16 Å². The molecular formula is C24H24ClN3O5S. The van der Waals surface area contributed by atoms with Crippen LogP contribution >= 0.6 is 11.6 Å². The monoisotopic (exact) mass is 501 g/mol. The Balaban J connectivity index is 2.08. The molecule has 0 radical (unpaired) electrons. The third kappa shape index (κ3) is 5.92. The Bertz CT molecular complexity index is 1410. The van der Waals surface area contributed by atoms with Gasteiger partial charge in [0.25, 0.3) is 5.56 Å². The third-order valence-corrected chi connectivity index (χ3v) is 6.84. The van der Waals surface area contributed by atoms with E-state index in [1.807, 2.05) is 19.1 Å². The zero-order valence-corrected chi connectivity index (χ0v) is 20.2. The Morgan fingerprint density at radius 3 is 2.38 bits per heavy atom. The van der Waals surface area contributed by atoms with E-state index in [0.29, 0.717) is 10.6 Å². The van der Waals surface area contributed by atoms with Gasteiger partial charge in [0.05, 0.1) is 10.6 Å². The van der Waals surface area contributed by atoms with Gasteiger partial charge in [0.15, 0.2) is 9.84 Å². The molecule has 10 heteroatoms. The van der Waals surface area contributed by atoms with Crippen LogP contribution in [0, 0.1) is 6.92 Å². The number of oxime groups is 1. The predicted octanol–water partition coefficient (Wildman–Crippen LogP) is 3.10. The summed E-state index contributed by atoms with van der Waals surface area (Å²) in [6, 6.07) is 14.7. The first-order valence-corrected chi connectivity index (χ1v) is 12.5. The minimum atomic E-state index is -3.36. The van der Waals surface area contributed by atoms with Gasteiger partial charge in [-0.2, -0.15) is 0 Å². The molecule has 0 bridgehead atoms. The number of amides is 1. The molecule has 3 rings (SSSR count). The lowest BCUT2D eigenvalue weighted by Crippen LogP contribution is -2.28. The largest absolute Gasteiger partial charge is 0.411 e. The number of aryl methyl sites for hydroxylation is 1. The number of nitrogens with zero attached hydrogens (tertiary/aromatic N) is 2. The van der Waals surface area contributed by atoms with Crippen molar-refractivity contribution in [3.8, 4) is 0 Å². The summed E-state index contributed by atoms with van der Waals surface area (Å²) in [7, 11) is -3.36. The minimum absolute atomic E-state index is 0.192. The first kappa shape index (κ1) is 25.2. The van der Waals surface area contributed by atoms with Gasteiger partial charge in [-0.15, -0.1) is 0 Å². The molecule has 1 amide bonds. The molecule has 1 unspecified atom stereocenters. The fourth-order valence-electron chi connectivity index (χ4n) is 3.79. The molecule has 0 saturated heterocycles. The lowest BCUT2D eigenvalue weighted by atomic mass is 9.83. The summed E-state index contributed by atoms with van der Waals surface area (Å²) in [4.78, 5) is 23.6. The summed E-state index contributed by atoms with van der Waals surface area (Å²) in [5.41, 5.74) is 8.12. The molecule has 3 aromatic rings. The molecule has 0 aliphatic carbocycles. The van der Waals surface area contributed by atoms with E-state index in [0.717, 1.165) is 27.5 Å². The van der Waals surface area contributed by atoms with Crippen LogP contribution in [0.1, 0.15) is 34.6 Å². The average Bonchev–Trinajstić information content (AvgIpc) is 2.76. The maximum atomic E-state index is 12.1. The first-order valence-electron chi connectivity index (χ1n) is 10.3. The molecule has 0 saturated carbocycles. The van der Waals surface area contributed by atoms with Crippen LogP contribution in [-0.4, -0.2) is 36.1 Å². The van der Waals surface area contributed by atoms with Gasteiger partial charge in [-0.3, -0.25) is 9.59 Å². The zero-order chi connectivity index (χ0) is 25.0. The molecule has 3 N–H and O–H groups in total. The van der Waals surface area contributed by atoms with Gasteiger partial charge in [0.2, 0.25) is 5.91 Å². The highest BCUT2D eigenvalue weighted by Gasteiger charge is 2.22. The summed E-state index contributed by atoms with van der Waals surface area (Å²) < 4.78 is 24.9. The average molecular weight is 502 g/mol. The van der Waals surface area contributed by atoms with Gasteiger partial charge in [0.1, 0.15) is 6.54 Å². The number of aromatic nitrogens is 1. The number of carbonyl (C=O) groups is 1. The first-order chi connectivity index (χ1) is 16.0. The molecule has 0 aliphatic heterocycles. The molecule has 1 atom stereocenters. The molecule has 0 fully saturated rings. The van der Waals surface area contributed by atoms with Crippen molar-refractivity contribution in [3.05, 3.63) is 98.4 Å². The minimum Gasteiger partial charge on any atom is -0.411 e. The van der Waals surface area contributed by atoms with E-state index in [-0.39, 0.29) is 29.5 Å². The second-order valence-corrected chi connectivity index (χ2v) is 10.4. The number of nitrogens with two attached hydrogens (primary N) is 1. The number of hydrogen-bond donors (Lipinski definition) is 2. The summed E-state index contributed by atoms with van der Waals surface area (Å²) in [5.74, 6) is -1.00. The molecule has 1 aromatic heterocycles. The molecule has 0 aliphatic rings. The van der Waals surface area contributed by atoms with E-state index in [1.54, 1.807) is 18.2 Å². The number of halogens is 1. The van der Waals surface area contributed by atoms with Crippen LogP contribution in [-0.2, 0) is 21.2 Å². The van der Waals surface area contributed by atoms with E-state index < -0.39 is 21.3 Å². The quantitative estimate of drug-likeness (QED) is 0.278. The van der Waals surface area contributed by atoms with Gasteiger partial charge >= 0.3 is 0 Å². The number of hydrogen-bond acceptors (Lipinski definition) is 6. The third-order valence-electron chi connectivity index (χ3n) is 5.48. The van der Waals surface area contributed by atoms with Gasteiger partial charge in [0, 0.05) is 41.4 Å². The van der Waals surface area contributed by atoms with E-state index in [4.69, 9.17) is 17.3 Å². The van der Waals surface area contributed by atoms with Crippen LogP contribution in [0.3, 0.4) is 0 Å². The number of primary amides is 1. The number of benzene rings is 2. The SMILES string of the molecule is Cc1cc(Cl)ccc1C(CC(=NO)c1ccc(=O)n(CC(N)=O)c1)c1ccc(S(C)(=O)=O)cc1. The predicted molar refractivity (Wildman–Crippen MR) is 130 cm³/mol. The molecule has 2 aromatic carbocycles. The van der Waals surface area contributed by atoms with Crippen molar-refractivity contribution in [1.29, 1.82) is 0 Å². The number of pyridine rings is 1. The summed E-state index contributed by atoms with van der Waals surface area (Å²) >= 11 is 6.14. The summed E-state index contributed by atoms with van der Waals surface area (Å²) in [5, 5.41) is 13.9. The van der Waals surface area contributed by atoms with Crippen molar-refractivity contribution in [3.63, 3.8) is 0 Å². The molecule has 178 valence electrons. The van der Waals surface area contributed by atoms with Gasteiger partial charge < -0.3 is 15.5 Å². The Hall–Kier alpha value is -3.43. The van der Waals surface area contributed by atoms with E-state index >= 15 is 0 Å². The molecule has 34 heavy (non-hydrogen) atoms. The van der Waals surface area contributed by atoms with Gasteiger partial charge in [-0.25, -0.2) is 8.42 Å². The Labute approximate surface area is 202 Å². The Morgan fingerprint density at radius 2 is 1.82 bits per heavy atom. The van der Waals surface area contributed by atoms with Gasteiger partial charge in [-0.1, -0.05) is 35.0 Å². The Kier molecular flexibility index (Phi) is 7.58. The van der Waals surface area contributed by atoms with Crippen molar-refractivity contribution in [1.82, 2.24) is 4.57 Å². The molecule has 1 heterocycles. The van der Waals surface area contributed by atoms with Crippen molar-refractivity contribution in [2.45, 2.75) is 30.7 Å². The standard InChI is InChI=1S/C24H24ClN3O5S/c1-15-11-18(25)6-9-20(15)21(16-3-7-19(8-4-16)34(2,32)33)12-22(27-31)17-5-10-24(30)28(13-17)14-23(26)29/h3-11,13,21,31H,12,14H2,1-2H3,(H2,26,29). The van der Waals surface area contributed by atoms with Crippen LogP contribution < -0.4 is 11.3 Å². The highest BCUT2D eigenvalue weighted by molar-refractivity contribution is 7.90. The Morgan fingerprint density at radius 1 is 1.15 bits per heavy atom. The van der Waals surface area contributed by atoms with E-state index in [1.165, 1.54) is 30.5 Å². The fourth-order valence-corrected chi connectivity index (χ4v) is 4.65. The number of rotatable bonds is 8. The summed E-state index contributed by atoms with van der Waals surface area (Å²) in [6.45, 7) is 1.60. The second-order valence-electron chi connectivity index (χ2n) is 8.00. The number of carbonyl (C=O) groups excluding carboxylic acids is 1.